The maximum atomic E-state index is 11.1. The van der Waals surface area contributed by atoms with Crippen LogP contribution in [0.5, 0.6) is 0 Å². The molecule has 0 saturated heterocycles. The maximum Gasteiger partial charge on any atom is 0.329 e. The van der Waals surface area contributed by atoms with Gasteiger partial charge in [0.2, 0.25) is 0 Å². The van der Waals surface area contributed by atoms with Gasteiger partial charge in [0.05, 0.1) is 0 Å². The minimum atomic E-state index is -0.687. The van der Waals surface area contributed by atoms with Gasteiger partial charge in [-0.05, 0) is 5.92 Å². The van der Waals surface area contributed by atoms with E-state index in [1.165, 1.54) is 0 Å². The van der Waals surface area contributed by atoms with Crippen LogP contribution in [0.4, 0.5) is 4.79 Å². The topological polar surface area (TPSA) is 122 Å². The molecule has 0 fully saturated rings. The Balaban J connectivity index is 4.26. The van der Waals surface area contributed by atoms with Crippen LogP contribution in [0.3, 0.4) is 0 Å². The molecular weight excluding hydrogens is 174 g/mol. The van der Waals surface area contributed by atoms with E-state index in [-0.39, 0.29) is 5.92 Å². The second-order valence-corrected chi connectivity index (χ2v) is 2.85. The number of hydrogen-bond acceptors (Lipinski definition) is 4. The summed E-state index contributed by atoms with van der Waals surface area (Å²) in [6.45, 7) is 3.55. The normalized spacial score (nSPS) is 12.1. The van der Waals surface area contributed by atoms with Gasteiger partial charge in [0.25, 0.3) is 5.91 Å². The fourth-order valence-corrected chi connectivity index (χ4v) is 0.808. The van der Waals surface area contributed by atoms with Crippen molar-refractivity contribution in [3.05, 3.63) is 0 Å². The quantitative estimate of drug-likeness (QED) is 0.204. The highest BCUT2D eigenvalue weighted by Crippen LogP contribution is 2.00. The molecule has 0 aliphatic heterocycles. The fraction of sp³-hybridized carbons (Fsp3) is 0.667. The lowest BCUT2D eigenvalue weighted by atomic mass is 10.0. The highest BCUT2D eigenvalue weighted by atomic mass is 16.2. The van der Waals surface area contributed by atoms with Crippen molar-refractivity contribution in [1.29, 1.82) is 0 Å². The highest BCUT2D eigenvalue weighted by Gasteiger charge is 2.22. The molecule has 7 heteroatoms. The molecule has 1 atom stereocenters. The van der Waals surface area contributed by atoms with Crippen LogP contribution in [0.2, 0.25) is 0 Å². The zero-order chi connectivity index (χ0) is 10.4. The Kier molecular flexibility index (Phi) is 4.78. The molecule has 0 aromatic rings. The Labute approximate surface area is 76.2 Å². The standard InChI is InChI=1S/C6H15N5O2/c1-3(2)4(5(12)10-7)9-6(13)11-8/h3-4H,7-8H2,1-2H3,(H,10,12)(H2,9,11,13). The van der Waals surface area contributed by atoms with Crippen molar-refractivity contribution >= 4 is 11.9 Å². The number of hydrogen-bond donors (Lipinski definition) is 5. The van der Waals surface area contributed by atoms with E-state index in [1.54, 1.807) is 13.8 Å². The van der Waals surface area contributed by atoms with Crippen LogP contribution in [0.25, 0.3) is 0 Å². The van der Waals surface area contributed by atoms with Gasteiger partial charge in [-0.1, -0.05) is 13.8 Å². The molecule has 0 heterocycles. The lowest BCUT2D eigenvalue weighted by Crippen LogP contribution is -2.54. The van der Waals surface area contributed by atoms with Crippen LogP contribution in [0.15, 0.2) is 0 Å². The van der Waals surface area contributed by atoms with Gasteiger partial charge in [0, 0.05) is 0 Å². The number of carbonyl (C=O) groups is 2. The van der Waals surface area contributed by atoms with Crippen molar-refractivity contribution in [3.63, 3.8) is 0 Å². The number of urea groups is 1. The van der Waals surface area contributed by atoms with Gasteiger partial charge in [-0.3, -0.25) is 15.6 Å². The van der Waals surface area contributed by atoms with Gasteiger partial charge in [0.15, 0.2) is 0 Å². The highest BCUT2D eigenvalue weighted by molar-refractivity contribution is 5.86. The first-order valence-corrected chi connectivity index (χ1v) is 3.80. The molecule has 0 spiro atoms. The van der Waals surface area contributed by atoms with E-state index in [0.29, 0.717) is 0 Å². The third kappa shape index (κ3) is 3.72. The number of rotatable bonds is 3. The maximum absolute atomic E-state index is 11.1. The summed E-state index contributed by atoms with van der Waals surface area (Å²) in [4.78, 5) is 21.9. The molecule has 0 bridgehead atoms. The second kappa shape index (κ2) is 5.33. The van der Waals surface area contributed by atoms with Crippen LogP contribution in [0, 0.1) is 5.92 Å². The van der Waals surface area contributed by atoms with Gasteiger partial charge >= 0.3 is 6.03 Å². The zero-order valence-electron chi connectivity index (χ0n) is 7.63. The molecule has 0 radical (unpaired) electrons. The van der Waals surface area contributed by atoms with E-state index in [9.17, 15) is 9.59 Å². The Bertz CT molecular complexity index is 193. The summed E-state index contributed by atoms with van der Waals surface area (Å²) in [7, 11) is 0. The van der Waals surface area contributed by atoms with Gasteiger partial charge in [-0.2, -0.15) is 0 Å². The van der Waals surface area contributed by atoms with E-state index in [4.69, 9.17) is 11.7 Å². The van der Waals surface area contributed by atoms with Crippen molar-refractivity contribution in [2.24, 2.45) is 17.6 Å². The summed E-state index contributed by atoms with van der Waals surface area (Å²) in [5.74, 6) is 9.23. The Morgan fingerprint density at radius 3 is 2.00 bits per heavy atom. The van der Waals surface area contributed by atoms with Crippen LogP contribution in [0.1, 0.15) is 13.8 Å². The average molecular weight is 189 g/mol. The number of carbonyl (C=O) groups excluding carboxylic acids is 2. The first-order valence-electron chi connectivity index (χ1n) is 3.80. The first-order chi connectivity index (χ1) is 6.02. The zero-order valence-corrected chi connectivity index (χ0v) is 7.63. The van der Waals surface area contributed by atoms with Crippen LogP contribution < -0.4 is 27.9 Å². The summed E-state index contributed by atoms with van der Waals surface area (Å²) >= 11 is 0. The minimum Gasteiger partial charge on any atom is -0.325 e. The second-order valence-electron chi connectivity index (χ2n) is 2.85. The summed E-state index contributed by atoms with van der Waals surface area (Å²) < 4.78 is 0. The monoisotopic (exact) mass is 189 g/mol. The van der Waals surface area contributed by atoms with E-state index in [1.807, 2.05) is 10.9 Å². The van der Waals surface area contributed by atoms with E-state index in [2.05, 4.69) is 5.32 Å². The van der Waals surface area contributed by atoms with Crippen LogP contribution in [-0.2, 0) is 4.79 Å². The average Bonchev–Trinajstić information content (AvgIpc) is 2.11. The van der Waals surface area contributed by atoms with E-state index < -0.39 is 18.0 Å². The molecule has 0 rings (SSSR count). The predicted molar refractivity (Wildman–Crippen MR) is 46.8 cm³/mol. The molecular formula is C6H15N5O2. The van der Waals surface area contributed by atoms with E-state index in [0.717, 1.165) is 0 Å². The SMILES string of the molecule is CC(C)C(NC(=O)NN)C(=O)NN. The molecule has 0 aromatic carbocycles. The summed E-state index contributed by atoms with van der Waals surface area (Å²) in [5, 5.41) is 2.35. The molecule has 7 nitrogen and oxygen atoms in total. The minimum absolute atomic E-state index is 0.0687. The molecule has 3 amide bonds. The van der Waals surface area contributed by atoms with Crippen LogP contribution >= 0.6 is 0 Å². The Hall–Kier alpha value is -1.34. The van der Waals surface area contributed by atoms with Gasteiger partial charge in [0.1, 0.15) is 6.04 Å². The molecule has 0 aliphatic carbocycles. The number of amides is 3. The van der Waals surface area contributed by atoms with Gasteiger partial charge in [-0.25, -0.2) is 16.5 Å². The Morgan fingerprint density at radius 1 is 1.15 bits per heavy atom. The van der Waals surface area contributed by atoms with Crippen molar-refractivity contribution in [3.8, 4) is 0 Å². The molecule has 0 aromatic heterocycles. The Morgan fingerprint density at radius 2 is 1.69 bits per heavy atom. The molecule has 0 aliphatic rings. The van der Waals surface area contributed by atoms with Crippen LogP contribution in [-0.4, -0.2) is 18.0 Å². The first kappa shape index (κ1) is 11.7. The van der Waals surface area contributed by atoms with Gasteiger partial charge in [-0.15, -0.1) is 0 Å². The third-order valence-electron chi connectivity index (χ3n) is 1.51. The largest absolute Gasteiger partial charge is 0.329 e. The molecule has 76 valence electrons. The smallest absolute Gasteiger partial charge is 0.325 e. The lowest BCUT2D eigenvalue weighted by molar-refractivity contribution is -0.123. The lowest BCUT2D eigenvalue weighted by Gasteiger charge is -2.19. The van der Waals surface area contributed by atoms with Crippen molar-refractivity contribution in [2.75, 3.05) is 0 Å². The third-order valence-corrected chi connectivity index (χ3v) is 1.51. The van der Waals surface area contributed by atoms with Crippen molar-refractivity contribution in [1.82, 2.24) is 16.2 Å². The number of nitrogens with two attached hydrogens (primary N) is 2. The summed E-state index contributed by atoms with van der Waals surface area (Å²) in [6.07, 6.45) is 0. The summed E-state index contributed by atoms with van der Waals surface area (Å²) in [6, 6.07) is -1.31. The molecule has 13 heavy (non-hydrogen) atoms. The molecule has 0 saturated carbocycles. The number of nitrogens with one attached hydrogen (secondary N) is 3. The number of hydrazine groups is 2. The van der Waals surface area contributed by atoms with Crippen molar-refractivity contribution < 1.29 is 9.59 Å². The van der Waals surface area contributed by atoms with Crippen molar-refractivity contribution in [2.45, 2.75) is 19.9 Å². The van der Waals surface area contributed by atoms with E-state index >= 15 is 0 Å². The summed E-state index contributed by atoms with van der Waals surface area (Å²) in [5.41, 5.74) is 3.81. The van der Waals surface area contributed by atoms with Gasteiger partial charge < -0.3 is 5.32 Å². The predicted octanol–water partition coefficient (Wildman–Crippen LogP) is -1.83. The molecule has 1 unspecified atom stereocenters. The molecule has 7 N–H and O–H groups in total. The fourth-order valence-electron chi connectivity index (χ4n) is 0.808.